The predicted molar refractivity (Wildman–Crippen MR) is 94.8 cm³/mol. The summed E-state index contributed by atoms with van der Waals surface area (Å²) in [6.45, 7) is 16.4. The highest BCUT2D eigenvalue weighted by Crippen LogP contribution is 2.39. The first-order valence-electron chi connectivity index (χ1n) is 9.16. The summed E-state index contributed by atoms with van der Waals surface area (Å²) >= 11 is 0. The van der Waals surface area contributed by atoms with E-state index in [0.717, 1.165) is 12.0 Å². The lowest BCUT2D eigenvalue weighted by Gasteiger charge is -2.45. The van der Waals surface area contributed by atoms with E-state index in [-0.39, 0.29) is 5.54 Å². The van der Waals surface area contributed by atoms with Crippen molar-refractivity contribution in [3.63, 3.8) is 0 Å². The van der Waals surface area contributed by atoms with Gasteiger partial charge < -0.3 is 10.2 Å². The fourth-order valence-corrected chi connectivity index (χ4v) is 3.79. The first kappa shape index (κ1) is 19.0. The number of hydrogen-bond acceptors (Lipinski definition) is 2. The van der Waals surface area contributed by atoms with Crippen LogP contribution in [0, 0.1) is 11.3 Å². The van der Waals surface area contributed by atoms with Crippen LogP contribution in [0.15, 0.2) is 0 Å². The Kier molecular flexibility index (Phi) is 7.19. The van der Waals surface area contributed by atoms with E-state index in [1.54, 1.807) is 0 Å². The molecule has 0 heterocycles. The number of nitrogens with zero attached hydrogens (tertiary/aromatic N) is 1. The van der Waals surface area contributed by atoms with Crippen molar-refractivity contribution in [1.29, 1.82) is 0 Å². The molecule has 0 aromatic carbocycles. The van der Waals surface area contributed by atoms with E-state index in [9.17, 15) is 0 Å². The van der Waals surface area contributed by atoms with Crippen LogP contribution >= 0.6 is 0 Å². The van der Waals surface area contributed by atoms with Crippen molar-refractivity contribution in [2.45, 2.75) is 91.6 Å². The molecule has 1 saturated carbocycles. The van der Waals surface area contributed by atoms with Crippen LogP contribution < -0.4 is 5.32 Å². The Bertz CT molecular complexity index is 280. The Hall–Kier alpha value is -0.0800. The molecule has 1 fully saturated rings. The molecule has 1 aliphatic carbocycles. The second kappa shape index (κ2) is 7.97. The fourth-order valence-electron chi connectivity index (χ4n) is 3.79. The van der Waals surface area contributed by atoms with E-state index >= 15 is 0 Å². The molecule has 21 heavy (non-hydrogen) atoms. The third kappa shape index (κ3) is 6.28. The van der Waals surface area contributed by atoms with Gasteiger partial charge in [-0.15, -0.1) is 0 Å². The Morgan fingerprint density at radius 1 is 1.14 bits per heavy atom. The van der Waals surface area contributed by atoms with Gasteiger partial charge in [0.25, 0.3) is 0 Å². The molecule has 0 aliphatic heterocycles. The third-order valence-corrected chi connectivity index (χ3v) is 5.48. The van der Waals surface area contributed by atoms with Gasteiger partial charge in [0, 0.05) is 24.7 Å². The van der Waals surface area contributed by atoms with E-state index < -0.39 is 0 Å². The first-order chi connectivity index (χ1) is 9.71. The molecule has 0 amide bonds. The van der Waals surface area contributed by atoms with Crippen molar-refractivity contribution in [3.8, 4) is 0 Å². The summed E-state index contributed by atoms with van der Waals surface area (Å²) in [4.78, 5) is 2.64. The SMILES string of the molecule is CCC(CC)N(C)CC1(CNC(C)(C)C)CCC(C)CC1. The highest BCUT2D eigenvalue weighted by atomic mass is 15.1. The molecule has 1 rings (SSSR count). The highest BCUT2D eigenvalue weighted by Gasteiger charge is 2.36. The standard InChI is InChI=1S/C19H40N2/c1-8-17(9-2)21(7)15-19(14-20-18(4,5)6)12-10-16(3)11-13-19/h16-17,20H,8-15H2,1-7H3. The average molecular weight is 297 g/mol. The quantitative estimate of drug-likeness (QED) is 0.733. The monoisotopic (exact) mass is 296 g/mol. The van der Waals surface area contributed by atoms with Crippen molar-refractivity contribution in [2.75, 3.05) is 20.1 Å². The summed E-state index contributed by atoms with van der Waals surface area (Å²) in [5.74, 6) is 0.922. The lowest BCUT2D eigenvalue weighted by atomic mass is 9.70. The number of nitrogens with one attached hydrogen (secondary N) is 1. The van der Waals surface area contributed by atoms with Crippen LogP contribution in [0.5, 0.6) is 0 Å². The van der Waals surface area contributed by atoms with E-state index in [1.165, 1.54) is 51.6 Å². The lowest BCUT2D eigenvalue weighted by molar-refractivity contribution is 0.0703. The van der Waals surface area contributed by atoms with Crippen molar-refractivity contribution < 1.29 is 0 Å². The summed E-state index contributed by atoms with van der Waals surface area (Å²) in [6.07, 6.45) is 8.13. The van der Waals surface area contributed by atoms with Crippen molar-refractivity contribution in [1.82, 2.24) is 10.2 Å². The smallest absolute Gasteiger partial charge is 0.00967 e. The zero-order chi connectivity index (χ0) is 16.1. The molecular weight excluding hydrogens is 256 g/mol. The molecule has 2 heteroatoms. The Morgan fingerprint density at radius 3 is 2.10 bits per heavy atom. The van der Waals surface area contributed by atoms with Crippen LogP contribution in [0.3, 0.4) is 0 Å². The molecule has 0 aromatic heterocycles. The van der Waals surface area contributed by atoms with Gasteiger partial charge in [-0.25, -0.2) is 0 Å². The molecular formula is C19H40N2. The van der Waals surface area contributed by atoms with Crippen LogP contribution in [0.2, 0.25) is 0 Å². The van der Waals surface area contributed by atoms with Gasteiger partial charge in [0.15, 0.2) is 0 Å². The largest absolute Gasteiger partial charge is 0.311 e. The molecule has 2 nitrogen and oxygen atoms in total. The van der Waals surface area contributed by atoms with Crippen molar-refractivity contribution >= 4 is 0 Å². The average Bonchev–Trinajstić information content (AvgIpc) is 2.40. The van der Waals surface area contributed by atoms with Crippen LogP contribution in [0.25, 0.3) is 0 Å². The molecule has 0 saturated heterocycles. The molecule has 1 N–H and O–H groups in total. The number of hydrogen-bond donors (Lipinski definition) is 1. The Balaban J connectivity index is 2.72. The Morgan fingerprint density at radius 2 is 1.67 bits per heavy atom. The summed E-state index contributed by atoms with van der Waals surface area (Å²) < 4.78 is 0. The van der Waals surface area contributed by atoms with Gasteiger partial charge >= 0.3 is 0 Å². The van der Waals surface area contributed by atoms with Gasteiger partial charge in [0.05, 0.1) is 0 Å². The lowest BCUT2D eigenvalue weighted by Crippen LogP contribution is -2.51. The van der Waals surface area contributed by atoms with Gasteiger partial charge in [-0.2, -0.15) is 0 Å². The summed E-state index contributed by atoms with van der Waals surface area (Å²) in [6, 6.07) is 0.746. The van der Waals surface area contributed by atoms with Crippen LogP contribution in [0.4, 0.5) is 0 Å². The third-order valence-electron chi connectivity index (χ3n) is 5.48. The molecule has 0 aromatic rings. The minimum atomic E-state index is 0.226. The highest BCUT2D eigenvalue weighted by molar-refractivity contribution is 4.91. The topological polar surface area (TPSA) is 15.3 Å². The predicted octanol–water partition coefficient (Wildman–Crippen LogP) is 4.69. The zero-order valence-corrected chi connectivity index (χ0v) is 15.8. The summed E-state index contributed by atoms with van der Waals surface area (Å²) in [7, 11) is 2.34. The fraction of sp³-hybridized carbons (Fsp3) is 1.00. The van der Waals surface area contributed by atoms with Crippen molar-refractivity contribution in [3.05, 3.63) is 0 Å². The first-order valence-corrected chi connectivity index (χ1v) is 9.16. The van der Waals surface area contributed by atoms with E-state index in [4.69, 9.17) is 0 Å². The van der Waals surface area contributed by atoms with E-state index in [0.29, 0.717) is 5.41 Å². The maximum absolute atomic E-state index is 3.80. The van der Waals surface area contributed by atoms with Crippen LogP contribution in [-0.2, 0) is 0 Å². The maximum Gasteiger partial charge on any atom is 0.00967 e. The molecule has 0 unspecified atom stereocenters. The molecule has 126 valence electrons. The second-order valence-electron chi connectivity index (χ2n) is 8.67. The number of rotatable bonds is 7. The van der Waals surface area contributed by atoms with Gasteiger partial charge in [-0.05, 0) is 64.8 Å². The summed E-state index contributed by atoms with van der Waals surface area (Å²) in [5, 5.41) is 3.80. The van der Waals surface area contributed by atoms with Gasteiger partial charge in [0.2, 0.25) is 0 Å². The second-order valence-corrected chi connectivity index (χ2v) is 8.67. The molecule has 0 radical (unpaired) electrons. The normalized spacial score (nSPS) is 27.6. The Labute approximate surface area is 134 Å². The van der Waals surface area contributed by atoms with Crippen molar-refractivity contribution in [2.24, 2.45) is 11.3 Å². The molecule has 0 spiro atoms. The van der Waals surface area contributed by atoms with Gasteiger partial charge in [-0.3, -0.25) is 0 Å². The van der Waals surface area contributed by atoms with E-state index in [2.05, 4.69) is 58.8 Å². The van der Waals surface area contributed by atoms with Crippen LogP contribution in [0.1, 0.15) is 80.1 Å². The molecule has 1 aliphatic rings. The van der Waals surface area contributed by atoms with Gasteiger partial charge in [0.1, 0.15) is 0 Å². The summed E-state index contributed by atoms with van der Waals surface area (Å²) in [5.41, 5.74) is 0.709. The molecule has 0 atom stereocenters. The van der Waals surface area contributed by atoms with Crippen LogP contribution in [-0.4, -0.2) is 36.6 Å². The molecule has 0 bridgehead atoms. The minimum Gasteiger partial charge on any atom is -0.311 e. The maximum atomic E-state index is 3.80. The van der Waals surface area contributed by atoms with E-state index in [1.807, 2.05) is 0 Å². The zero-order valence-electron chi connectivity index (χ0n) is 15.8. The van der Waals surface area contributed by atoms with Gasteiger partial charge in [-0.1, -0.05) is 33.6 Å². The minimum absolute atomic E-state index is 0.226.